The van der Waals surface area contributed by atoms with Crippen LogP contribution in [0.4, 0.5) is 5.69 Å². The molecule has 0 aliphatic rings. The van der Waals surface area contributed by atoms with E-state index in [9.17, 15) is 4.79 Å². The van der Waals surface area contributed by atoms with Crippen molar-refractivity contribution in [3.8, 4) is 5.75 Å². The molecular weight excluding hydrogens is 313 g/mol. The Morgan fingerprint density at radius 2 is 1.95 bits per heavy atom. The highest BCUT2D eigenvalue weighted by atomic mass is 35.5. The molecule has 2 rings (SSSR count). The van der Waals surface area contributed by atoms with Crippen LogP contribution >= 0.6 is 23.2 Å². The van der Waals surface area contributed by atoms with Crippen molar-refractivity contribution in [2.24, 2.45) is 0 Å². The Morgan fingerprint density at radius 3 is 2.67 bits per heavy atom. The van der Waals surface area contributed by atoms with Gasteiger partial charge in [-0.05, 0) is 36.4 Å². The maximum atomic E-state index is 10.8. The highest BCUT2D eigenvalue weighted by Gasteiger charge is 2.03. The fourth-order valence-corrected chi connectivity index (χ4v) is 1.99. The molecule has 0 amide bonds. The SMILES string of the molecule is O=C(O)c1cccc(OCCNc2ccc(Cl)c(Cl)c2)c1. The summed E-state index contributed by atoms with van der Waals surface area (Å²) in [5, 5.41) is 13.0. The highest BCUT2D eigenvalue weighted by molar-refractivity contribution is 6.42. The van der Waals surface area contributed by atoms with E-state index in [0.29, 0.717) is 28.9 Å². The quantitative estimate of drug-likeness (QED) is 0.782. The molecule has 2 N–H and O–H groups in total. The molecule has 0 heterocycles. The van der Waals surface area contributed by atoms with Gasteiger partial charge in [-0.2, -0.15) is 0 Å². The minimum atomic E-state index is -0.977. The molecule has 0 fully saturated rings. The van der Waals surface area contributed by atoms with Crippen molar-refractivity contribution in [2.75, 3.05) is 18.5 Å². The summed E-state index contributed by atoms with van der Waals surface area (Å²) >= 11 is 11.7. The first-order valence-corrected chi connectivity index (χ1v) is 6.97. The Labute approximate surface area is 132 Å². The number of ether oxygens (including phenoxy) is 1. The molecule has 110 valence electrons. The zero-order valence-electron chi connectivity index (χ0n) is 11.0. The molecular formula is C15H13Cl2NO3. The first kappa shape index (κ1) is 15.5. The second kappa shape index (κ2) is 7.20. The number of carbonyl (C=O) groups is 1. The number of nitrogens with one attached hydrogen (secondary N) is 1. The lowest BCUT2D eigenvalue weighted by atomic mass is 10.2. The number of rotatable bonds is 6. The molecule has 0 aromatic heterocycles. The van der Waals surface area contributed by atoms with Gasteiger partial charge >= 0.3 is 5.97 Å². The molecule has 4 nitrogen and oxygen atoms in total. The second-order valence-electron chi connectivity index (χ2n) is 4.24. The van der Waals surface area contributed by atoms with Crippen molar-refractivity contribution >= 4 is 34.9 Å². The van der Waals surface area contributed by atoms with Crippen molar-refractivity contribution in [3.63, 3.8) is 0 Å². The molecule has 2 aromatic carbocycles. The monoisotopic (exact) mass is 325 g/mol. The fourth-order valence-electron chi connectivity index (χ4n) is 1.69. The first-order valence-electron chi connectivity index (χ1n) is 6.21. The smallest absolute Gasteiger partial charge is 0.335 e. The molecule has 6 heteroatoms. The van der Waals surface area contributed by atoms with Gasteiger partial charge < -0.3 is 15.2 Å². The van der Waals surface area contributed by atoms with E-state index in [1.807, 2.05) is 6.07 Å². The highest BCUT2D eigenvalue weighted by Crippen LogP contribution is 2.24. The van der Waals surface area contributed by atoms with Gasteiger partial charge in [0.2, 0.25) is 0 Å². The Bertz CT molecular complexity index is 647. The molecule has 0 bridgehead atoms. The van der Waals surface area contributed by atoms with Crippen LogP contribution < -0.4 is 10.1 Å². The van der Waals surface area contributed by atoms with Crippen molar-refractivity contribution in [1.29, 1.82) is 0 Å². The van der Waals surface area contributed by atoms with Crippen molar-refractivity contribution in [2.45, 2.75) is 0 Å². The van der Waals surface area contributed by atoms with Gasteiger partial charge in [0.05, 0.1) is 15.6 Å². The Hall–Kier alpha value is -1.91. The third-order valence-corrected chi connectivity index (χ3v) is 3.44. The third-order valence-electron chi connectivity index (χ3n) is 2.70. The van der Waals surface area contributed by atoms with Crippen molar-refractivity contribution in [1.82, 2.24) is 0 Å². The molecule has 2 aromatic rings. The summed E-state index contributed by atoms with van der Waals surface area (Å²) in [4.78, 5) is 10.8. The van der Waals surface area contributed by atoms with Crippen LogP contribution in [-0.4, -0.2) is 24.2 Å². The number of hydrogen-bond acceptors (Lipinski definition) is 3. The summed E-state index contributed by atoms with van der Waals surface area (Å²) in [6.45, 7) is 0.943. The zero-order valence-corrected chi connectivity index (χ0v) is 12.5. The first-order chi connectivity index (χ1) is 10.1. The minimum Gasteiger partial charge on any atom is -0.492 e. The lowest BCUT2D eigenvalue weighted by Crippen LogP contribution is -2.11. The predicted molar refractivity (Wildman–Crippen MR) is 83.8 cm³/mol. The van der Waals surface area contributed by atoms with Crippen LogP contribution in [0.5, 0.6) is 5.75 Å². The second-order valence-corrected chi connectivity index (χ2v) is 5.05. The largest absolute Gasteiger partial charge is 0.492 e. The van der Waals surface area contributed by atoms with E-state index < -0.39 is 5.97 Å². The van der Waals surface area contributed by atoms with Gasteiger partial charge in [0.25, 0.3) is 0 Å². The summed E-state index contributed by atoms with van der Waals surface area (Å²) in [7, 11) is 0. The van der Waals surface area contributed by atoms with Crippen LogP contribution in [0.2, 0.25) is 10.0 Å². The van der Waals surface area contributed by atoms with Gasteiger partial charge in [0.1, 0.15) is 12.4 Å². The molecule has 21 heavy (non-hydrogen) atoms. The van der Waals surface area contributed by atoms with Crippen LogP contribution in [-0.2, 0) is 0 Å². The van der Waals surface area contributed by atoms with Crippen LogP contribution in [0, 0.1) is 0 Å². The summed E-state index contributed by atoms with van der Waals surface area (Å²) in [5.41, 5.74) is 1.04. The topological polar surface area (TPSA) is 58.6 Å². The number of anilines is 1. The molecule has 0 aliphatic heterocycles. The normalized spacial score (nSPS) is 10.2. The average Bonchev–Trinajstić information content (AvgIpc) is 2.47. The van der Waals surface area contributed by atoms with E-state index in [4.69, 9.17) is 33.0 Å². The summed E-state index contributed by atoms with van der Waals surface area (Å²) in [6, 6.07) is 11.6. The summed E-state index contributed by atoms with van der Waals surface area (Å²) < 4.78 is 5.49. The van der Waals surface area contributed by atoms with E-state index in [0.717, 1.165) is 5.69 Å². The van der Waals surface area contributed by atoms with Gasteiger partial charge in [-0.15, -0.1) is 0 Å². The summed E-state index contributed by atoms with van der Waals surface area (Å²) in [5.74, 6) is -0.458. The molecule has 0 saturated heterocycles. The lowest BCUT2D eigenvalue weighted by Gasteiger charge is -2.09. The molecule has 0 aliphatic carbocycles. The molecule has 0 spiro atoms. The molecule has 0 radical (unpaired) electrons. The van der Waals surface area contributed by atoms with E-state index >= 15 is 0 Å². The molecule has 0 saturated carbocycles. The van der Waals surface area contributed by atoms with Crippen molar-refractivity contribution < 1.29 is 14.6 Å². The van der Waals surface area contributed by atoms with Gasteiger partial charge in [-0.25, -0.2) is 4.79 Å². The molecule has 0 unspecified atom stereocenters. The zero-order chi connectivity index (χ0) is 15.2. The number of hydrogen-bond donors (Lipinski definition) is 2. The number of carboxylic acid groups (broad SMARTS) is 1. The van der Waals surface area contributed by atoms with Crippen LogP contribution in [0.3, 0.4) is 0 Å². The average molecular weight is 326 g/mol. The van der Waals surface area contributed by atoms with Gasteiger partial charge in [-0.1, -0.05) is 29.3 Å². The maximum absolute atomic E-state index is 10.8. The van der Waals surface area contributed by atoms with E-state index in [1.165, 1.54) is 12.1 Å². The van der Waals surface area contributed by atoms with E-state index in [1.54, 1.807) is 24.3 Å². The van der Waals surface area contributed by atoms with Crippen LogP contribution in [0.1, 0.15) is 10.4 Å². The standard InChI is InChI=1S/C15H13Cl2NO3/c16-13-5-4-11(9-14(13)17)18-6-7-21-12-3-1-2-10(8-12)15(19)20/h1-5,8-9,18H,6-7H2,(H,19,20). The Balaban J connectivity index is 1.83. The maximum Gasteiger partial charge on any atom is 0.335 e. The Kier molecular flexibility index (Phi) is 5.31. The van der Waals surface area contributed by atoms with Crippen LogP contribution in [0.15, 0.2) is 42.5 Å². The minimum absolute atomic E-state index is 0.199. The van der Waals surface area contributed by atoms with Gasteiger partial charge in [0, 0.05) is 12.2 Å². The predicted octanol–water partition coefficient (Wildman–Crippen LogP) is 4.18. The number of carboxylic acids is 1. The third kappa shape index (κ3) is 4.55. The summed E-state index contributed by atoms with van der Waals surface area (Å²) in [6.07, 6.45) is 0. The van der Waals surface area contributed by atoms with E-state index in [-0.39, 0.29) is 5.56 Å². The number of aromatic carboxylic acids is 1. The van der Waals surface area contributed by atoms with Crippen molar-refractivity contribution in [3.05, 3.63) is 58.1 Å². The lowest BCUT2D eigenvalue weighted by molar-refractivity contribution is 0.0696. The van der Waals surface area contributed by atoms with Gasteiger partial charge in [-0.3, -0.25) is 0 Å². The van der Waals surface area contributed by atoms with Gasteiger partial charge in [0.15, 0.2) is 0 Å². The van der Waals surface area contributed by atoms with E-state index in [2.05, 4.69) is 5.32 Å². The number of benzene rings is 2. The number of halogens is 2. The molecule has 0 atom stereocenters. The fraction of sp³-hybridized carbons (Fsp3) is 0.133. The Morgan fingerprint density at radius 1 is 1.14 bits per heavy atom. The van der Waals surface area contributed by atoms with Crippen LogP contribution in [0.25, 0.3) is 0 Å².